The number of unbranched alkanes of at least 4 members (excludes halogenated alkanes) is 5. The van der Waals surface area contributed by atoms with Gasteiger partial charge < -0.3 is 22.9 Å². The fraction of sp³-hybridized carbons (Fsp3) is 1.00. The standard InChI is InChI=1S/2C6H15N.2C5H13N/c1-6(2,3)4-5-7;1-2-3-4-5-6-7;1-5(2)3-4-6;1-2-3-4-5-6/h4-5,7H2,1-3H3;2-7H2,1H3;5H,3-4,6H2,1-2H3;2-6H2,1H3. The highest BCUT2D eigenvalue weighted by Crippen LogP contribution is 2.16. The molecule has 4 nitrogen and oxygen atoms in total. The number of rotatable bonds is 10. The van der Waals surface area contributed by atoms with E-state index in [1.807, 2.05) is 0 Å². The molecule has 0 spiro atoms. The van der Waals surface area contributed by atoms with Crippen LogP contribution < -0.4 is 22.9 Å². The lowest BCUT2D eigenvalue weighted by Gasteiger charge is -2.15. The quantitative estimate of drug-likeness (QED) is 0.401. The molecule has 4 heteroatoms. The van der Waals surface area contributed by atoms with Gasteiger partial charge in [-0.3, -0.25) is 0 Å². The molecule has 0 saturated heterocycles. The molecule has 0 amide bonds. The van der Waals surface area contributed by atoms with Crippen LogP contribution in [0.25, 0.3) is 0 Å². The summed E-state index contributed by atoms with van der Waals surface area (Å²) in [5.41, 5.74) is 21.5. The molecule has 0 bridgehead atoms. The number of hydrogen-bond donors (Lipinski definition) is 4. The zero-order valence-corrected chi connectivity index (χ0v) is 19.6. The normalized spacial score (nSPS) is 10.2. The summed E-state index contributed by atoms with van der Waals surface area (Å²) in [6, 6.07) is 0. The van der Waals surface area contributed by atoms with Gasteiger partial charge in [0.1, 0.15) is 0 Å². The van der Waals surface area contributed by atoms with Crippen molar-refractivity contribution in [2.24, 2.45) is 34.3 Å². The maximum absolute atomic E-state index is 5.31. The number of hydrogen-bond acceptors (Lipinski definition) is 4. The monoisotopic (exact) mass is 376 g/mol. The minimum atomic E-state index is 0.425. The largest absolute Gasteiger partial charge is 0.330 e. The molecule has 0 atom stereocenters. The zero-order chi connectivity index (χ0) is 21.3. The highest BCUT2D eigenvalue weighted by atomic mass is 14.5. The van der Waals surface area contributed by atoms with Crippen molar-refractivity contribution in [2.45, 2.75) is 106 Å². The smallest absolute Gasteiger partial charge is 0.00723 e. The molecule has 0 aliphatic heterocycles. The lowest BCUT2D eigenvalue weighted by atomic mass is 9.93. The molecule has 0 aromatic carbocycles. The van der Waals surface area contributed by atoms with Gasteiger partial charge in [-0.1, -0.05) is 80.6 Å². The molecule has 0 radical (unpaired) electrons. The van der Waals surface area contributed by atoms with Crippen molar-refractivity contribution in [3.63, 3.8) is 0 Å². The van der Waals surface area contributed by atoms with Crippen LogP contribution in [0.15, 0.2) is 0 Å². The van der Waals surface area contributed by atoms with Crippen molar-refractivity contribution >= 4 is 0 Å². The van der Waals surface area contributed by atoms with Crippen LogP contribution >= 0.6 is 0 Å². The molecule has 0 aliphatic rings. The van der Waals surface area contributed by atoms with Crippen molar-refractivity contribution < 1.29 is 0 Å². The van der Waals surface area contributed by atoms with E-state index in [0.29, 0.717) is 5.41 Å². The van der Waals surface area contributed by atoms with Gasteiger partial charge in [0.05, 0.1) is 0 Å². The van der Waals surface area contributed by atoms with E-state index < -0.39 is 0 Å². The van der Waals surface area contributed by atoms with Gasteiger partial charge in [0, 0.05) is 0 Å². The van der Waals surface area contributed by atoms with Gasteiger partial charge in [-0.15, -0.1) is 0 Å². The Balaban J connectivity index is -0.000000124. The van der Waals surface area contributed by atoms with Crippen molar-refractivity contribution in [2.75, 3.05) is 26.2 Å². The summed E-state index contributed by atoms with van der Waals surface area (Å²) in [5.74, 6) is 0.773. The first kappa shape index (κ1) is 33.4. The molecule has 0 rings (SSSR count). The van der Waals surface area contributed by atoms with Gasteiger partial charge >= 0.3 is 0 Å². The highest BCUT2D eigenvalue weighted by Gasteiger charge is 2.06. The Hall–Kier alpha value is -0.160. The molecule has 0 aliphatic carbocycles. The summed E-state index contributed by atoms with van der Waals surface area (Å²) in [5, 5.41) is 0. The molecule has 164 valence electrons. The lowest BCUT2D eigenvalue weighted by Crippen LogP contribution is -2.12. The summed E-state index contributed by atoms with van der Waals surface area (Å²) in [7, 11) is 0. The topological polar surface area (TPSA) is 104 Å². The van der Waals surface area contributed by atoms with Crippen molar-refractivity contribution in [1.29, 1.82) is 0 Å². The Morgan fingerprint density at radius 1 is 0.615 bits per heavy atom. The molecular weight excluding hydrogens is 320 g/mol. The maximum atomic E-state index is 5.31. The van der Waals surface area contributed by atoms with E-state index in [4.69, 9.17) is 22.9 Å². The highest BCUT2D eigenvalue weighted by molar-refractivity contribution is 4.60. The Morgan fingerprint density at radius 3 is 1.19 bits per heavy atom. The Morgan fingerprint density at radius 2 is 1.04 bits per heavy atom. The van der Waals surface area contributed by atoms with E-state index in [2.05, 4.69) is 48.5 Å². The van der Waals surface area contributed by atoms with Crippen LogP contribution in [0, 0.1) is 11.3 Å². The Labute approximate surface area is 167 Å². The zero-order valence-electron chi connectivity index (χ0n) is 19.6. The fourth-order valence-electron chi connectivity index (χ4n) is 1.73. The Kier molecular flexibility index (Phi) is 38.1. The van der Waals surface area contributed by atoms with Gasteiger partial charge in [0.15, 0.2) is 0 Å². The van der Waals surface area contributed by atoms with Crippen molar-refractivity contribution in [1.82, 2.24) is 0 Å². The third-order valence-electron chi connectivity index (χ3n) is 3.50. The van der Waals surface area contributed by atoms with E-state index >= 15 is 0 Å². The second-order valence-electron chi connectivity index (χ2n) is 8.42. The van der Waals surface area contributed by atoms with Gasteiger partial charge in [-0.2, -0.15) is 0 Å². The molecule has 26 heavy (non-hydrogen) atoms. The molecule has 8 N–H and O–H groups in total. The number of nitrogens with two attached hydrogens (primary N) is 4. The van der Waals surface area contributed by atoms with Gasteiger partial charge in [0.2, 0.25) is 0 Å². The van der Waals surface area contributed by atoms with Gasteiger partial charge in [0.25, 0.3) is 0 Å². The van der Waals surface area contributed by atoms with E-state index in [1.54, 1.807) is 0 Å². The van der Waals surface area contributed by atoms with E-state index in [0.717, 1.165) is 44.9 Å². The summed E-state index contributed by atoms with van der Waals surface area (Å²) in [6.45, 7) is 18.7. The predicted molar refractivity (Wildman–Crippen MR) is 123 cm³/mol. The Bertz CT molecular complexity index is 193. The SMILES string of the molecule is CC(C)(C)CCN.CC(C)CCN.CCCCCCN.CCCCCN. The first-order valence-corrected chi connectivity index (χ1v) is 11.0. The van der Waals surface area contributed by atoms with Crippen molar-refractivity contribution in [3.05, 3.63) is 0 Å². The second-order valence-corrected chi connectivity index (χ2v) is 8.42. The minimum absolute atomic E-state index is 0.425. The molecule has 0 fully saturated rings. The van der Waals surface area contributed by atoms with E-state index in [9.17, 15) is 0 Å². The van der Waals surface area contributed by atoms with E-state index in [-0.39, 0.29) is 0 Å². The van der Waals surface area contributed by atoms with Gasteiger partial charge in [-0.25, -0.2) is 0 Å². The predicted octanol–water partition coefficient (Wildman–Crippen LogP) is 5.03. The third-order valence-corrected chi connectivity index (χ3v) is 3.50. The summed E-state index contributed by atoms with van der Waals surface area (Å²) < 4.78 is 0. The lowest BCUT2D eigenvalue weighted by molar-refractivity contribution is 0.385. The second kappa shape index (κ2) is 29.6. The van der Waals surface area contributed by atoms with Crippen LogP contribution in [-0.4, -0.2) is 26.2 Å². The fourth-order valence-corrected chi connectivity index (χ4v) is 1.73. The maximum Gasteiger partial charge on any atom is -0.00723 e. The molecule has 0 saturated carbocycles. The minimum Gasteiger partial charge on any atom is -0.330 e. The molecule has 0 heterocycles. The molecular formula is C22H56N4. The van der Waals surface area contributed by atoms with Crippen LogP contribution in [0.2, 0.25) is 0 Å². The first-order chi connectivity index (χ1) is 12.2. The average molecular weight is 377 g/mol. The average Bonchev–Trinajstić information content (AvgIpc) is 2.54. The third kappa shape index (κ3) is 64.9. The summed E-state index contributed by atoms with van der Waals surface area (Å²) >= 11 is 0. The molecule has 0 aromatic rings. The van der Waals surface area contributed by atoms with Gasteiger partial charge in [-0.05, 0) is 63.2 Å². The summed E-state index contributed by atoms with van der Waals surface area (Å²) in [4.78, 5) is 0. The van der Waals surface area contributed by atoms with Crippen LogP contribution in [0.1, 0.15) is 106 Å². The van der Waals surface area contributed by atoms with Crippen LogP contribution in [0.3, 0.4) is 0 Å². The van der Waals surface area contributed by atoms with E-state index in [1.165, 1.54) is 44.9 Å². The van der Waals surface area contributed by atoms with Crippen LogP contribution in [0.5, 0.6) is 0 Å². The molecule has 0 aromatic heterocycles. The van der Waals surface area contributed by atoms with Crippen LogP contribution in [-0.2, 0) is 0 Å². The molecule has 0 unspecified atom stereocenters. The van der Waals surface area contributed by atoms with Crippen molar-refractivity contribution in [3.8, 4) is 0 Å². The summed E-state index contributed by atoms with van der Waals surface area (Å²) in [6.07, 6.45) is 11.2. The first-order valence-electron chi connectivity index (χ1n) is 11.0. The van der Waals surface area contributed by atoms with Crippen LogP contribution in [0.4, 0.5) is 0 Å².